The van der Waals surface area contributed by atoms with Crippen molar-refractivity contribution in [2.75, 3.05) is 17.7 Å². The number of H-pyrrole nitrogens is 1. The average molecular weight is 341 g/mol. The summed E-state index contributed by atoms with van der Waals surface area (Å²) < 4.78 is 0. The van der Waals surface area contributed by atoms with E-state index >= 15 is 0 Å². The summed E-state index contributed by atoms with van der Waals surface area (Å²) in [5.41, 5.74) is 3.29. The zero-order valence-corrected chi connectivity index (χ0v) is 14.9. The lowest BCUT2D eigenvalue weighted by atomic mass is 10.2. The fourth-order valence-electron chi connectivity index (χ4n) is 2.74. The quantitative estimate of drug-likeness (QED) is 0.515. The van der Waals surface area contributed by atoms with Gasteiger partial charge in [0.05, 0.1) is 0 Å². The fraction of sp³-hybridized carbons (Fsp3) is 0.0435. The van der Waals surface area contributed by atoms with Crippen molar-refractivity contribution in [1.82, 2.24) is 4.98 Å². The van der Waals surface area contributed by atoms with Gasteiger partial charge < -0.3 is 15.6 Å². The number of aromatic amines is 1. The third kappa shape index (κ3) is 4.14. The Morgan fingerprint density at radius 3 is 1.81 bits per heavy atom. The van der Waals surface area contributed by atoms with Crippen molar-refractivity contribution >= 4 is 41.0 Å². The van der Waals surface area contributed by atoms with Crippen LogP contribution in [0.1, 0.15) is 0 Å². The van der Waals surface area contributed by atoms with Crippen molar-refractivity contribution in [2.45, 2.75) is 0 Å². The molecule has 3 nitrogen and oxygen atoms in total. The van der Waals surface area contributed by atoms with Gasteiger partial charge in [0.2, 0.25) is 0 Å². The number of hydrogen-bond donors (Lipinski definition) is 3. The van der Waals surface area contributed by atoms with Gasteiger partial charge in [-0.15, -0.1) is 0 Å². The number of fused-ring (bicyclic) bond motifs is 1. The molecular weight excluding hydrogens is 318 g/mol. The van der Waals surface area contributed by atoms with E-state index in [0.717, 1.165) is 38.5 Å². The summed E-state index contributed by atoms with van der Waals surface area (Å²) in [7, 11) is 1.91. The summed E-state index contributed by atoms with van der Waals surface area (Å²) in [5, 5.41) is 10.5. The number of anilines is 3. The first-order valence-corrected chi connectivity index (χ1v) is 8.52. The van der Waals surface area contributed by atoms with Gasteiger partial charge in [0.25, 0.3) is 0 Å². The van der Waals surface area contributed by atoms with E-state index in [1.807, 2.05) is 67.7 Å². The molecule has 0 aliphatic carbocycles. The minimum absolute atomic E-state index is 0.909. The Hall–Kier alpha value is -3.46. The highest BCUT2D eigenvalue weighted by atomic mass is 14.9. The average Bonchev–Trinajstić information content (AvgIpc) is 2.97. The van der Waals surface area contributed by atoms with Gasteiger partial charge in [0, 0.05) is 45.6 Å². The number of hydrogen-bond acceptors (Lipinski definition) is 2. The second kappa shape index (κ2) is 8.08. The van der Waals surface area contributed by atoms with Crippen LogP contribution >= 0.6 is 0 Å². The molecule has 0 saturated carbocycles. The predicted octanol–water partition coefficient (Wildman–Crippen LogP) is 4.46. The van der Waals surface area contributed by atoms with Crippen LogP contribution in [0, 0.1) is 0 Å². The van der Waals surface area contributed by atoms with Crippen molar-refractivity contribution in [3.8, 4) is 0 Å². The normalized spacial score (nSPS) is 10.0. The first-order valence-electron chi connectivity index (χ1n) is 8.52. The van der Waals surface area contributed by atoms with E-state index in [2.05, 4.69) is 47.0 Å². The SMILES string of the molecule is C=c1[nH]c(=C)c2cc(Nc3ccccc3)ccc12.CNc1ccccc1. The molecule has 0 aliphatic heterocycles. The lowest BCUT2D eigenvalue weighted by Crippen LogP contribution is -2.05. The maximum Gasteiger partial charge on any atom is 0.0392 e. The van der Waals surface area contributed by atoms with Gasteiger partial charge in [-0.3, -0.25) is 0 Å². The molecular formula is C23H23N3. The molecule has 0 fully saturated rings. The van der Waals surface area contributed by atoms with Crippen LogP contribution in [-0.4, -0.2) is 12.0 Å². The first-order chi connectivity index (χ1) is 12.7. The molecule has 3 heteroatoms. The number of nitrogens with one attached hydrogen (secondary N) is 3. The van der Waals surface area contributed by atoms with Crippen LogP contribution < -0.4 is 21.3 Å². The lowest BCUT2D eigenvalue weighted by molar-refractivity contribution is 1.30. The standard InChI is InChI=1S/C16H14N2.C7H9N/c1-11-15-9-8-14(10-16(15)12(2)17-11)18-13-6-4-3-5-7-13;1-8-7-5-3-2-4-6-7/h3-10,17-18H,1-2H2;2-6,8H,1H3. The molecule has 0 atom stereocenters. The fourth-order valence-corrected chi connectivity index (χ4v) is 2.74. The van der Waals surface area contributed by atoms with Gasteiger partial charge in [-0.2, -0.15) is 0 Å². The van der Waals surface area contributed by atoms with E-state index in [4.69, 9.17) is 0 Å². The van der Waals surface area contributed by atoms with Gasteiger partial charge in [-0.05, 0) is 36.4 Å². The Balaban J connectivity index is 0.000000206. The Bertz CT molecular complexity index is 1070. The molecule has 0 spiro atoms. The molecule has 0 bridgehead atoms. The highest BCUT2D eigenvalue weighted by molar-refractivity contribution is 5.87. The number of para-hydroxylation sites is 2. The maximum absolute atomic E-state index is 3.99. The summed E-state index contributed by atoms with van der Waals surface area (Å²) in [4.78, 5) is 3.16. The smallest absolute Gasteiger partial charge is 0.0392 e. The Morgan fingerprint density at radius 2 is 1.23 bits per heavy atom. The van der Waals surface area contributed by atoms with Crippen LogP contribution in [0.5, 0.6) is 0 Å². The summed E-state index contributed by atoms with van der Waals surface area (Å²) in [5.74, 6) is 0. The Morgan fingerprint density at radius 1 is 0.654 bits per heavy atom. The molecule has 1 heterocycles. The largest absolute Gasteiger partial charge is 0.388 e. The molecule has 4 aromatic rings. The summed E-state index contributed by atoms with van der Waals surface area (Å²) in [6.45, 7) is 7.96. The molecule has 0 amide bonds. The molecule has 3 aromatic carbocycles. The monoisotopic (exact) mass is 341 g/mol. The van der Waals surface area contributed by atoms with Crippen molar-refractivity contribution in [3.63, 3.8) is 0 Å². The third-order valence-electron chi connectivity index (χ3n) is 4.10. The zero-order chi connectivity index (χ0) is 18.4. The van der Waals surface area contributed by atoms with E-state index in [1.54, 1.807) is 0 Å². The summed E-state index contributed by atoms with van der Waals surface area (Å²) >= 11 is 0. The second-order valence-corrected chi connectivity index (χ2v) is 5.95. The summed E-state index contributed by atoms with van der Waals surface area (Å²) in [6, 6.07) is 26.4. The molecule has 0 unspecified atom stereocenters. The Labute approximate surface area is 153 Å². The van der Waals surface area contributed by atoms with E-state index in [-0.39, 0.29) is 0 Å². The van der Waals surface area contributed by atoms with Gasteiger partial charge in [-0.25, -0.2) is 0 Å². The molecule has 130 valence electrons. The van der Waals surface area contributed by atoms with Crippen LogP contribution in [0.4, 0.5) is 17.1 Å². The topological polar surface area (TPSA) is 39.9 Å². The van der Waals surface area contributed by atoms with E-state index in [1.165, 1.54) is 0 Å². The van der Waals surface area contributed by atoms with Gasteiger partial charge in [-0.1, -0.05) is 55.6 Å². The second-order valence-electron chi connectivity index (χ2n) is 5.95. The maximum atomic E-state index is 3.99. The van der Waals surface area contributed by atoms with Crippen molar-refractivity contribution in [3.05, 3.63) is 89.6 Å². The third-order valence-corrected chi connectivity index (χ3v) is 4.10. The van der Waals surface area contributed by atoms with Crippen LogP contribution in [0.15, 0.2) is 78.9 Å². The number of rotatable bonds is 3. The molecule has 1 aromatic heterocycles. The highest BCUT2D eigenvalue weighted by Gasteiger charge is 2.00. The molecule has 26 heavy (non-hydrogen) atoms. The van der Waals surface area contributed by atoms with Gasteiger partial charge in [0.15, 0.2) is 0 Å². The van der Waals surface area contributed by atoms with Gasteiger partial charge in [0.1, 0.15) is 0 Å². The number of benzene rings is 3. The van der Waals surface area contributed by atoms with E-state index in [0.29, 0.717) is 0 Å². The van der Waals surface area contributed by atoms with Crippen LogP contribution in [0.2, 0.25) is 0 Å². The predicted molar refractivity (Wildman–Crippen MR) is 114 cm³/mol. The Kier molecular flexibility index (Phi) is 5.40. The van der Waals surface area contributed by atoms with Crippen molar-refractivity contribution in [1.29, 1.82) is 0 Å². The minimum Gasteiger partial charge on any atom is -0.388 e. The van der Waals surface area contributed by atoms with Gasteiger partial charge >= 0.3 is 0 Å². The number of aromatic nitrogens is 1. The first kappa shape index (κ1) is 17.4. The zero-order valence-electron chi connectivity index (χ0n) is 14.9. The molecule has 4 rings (SSSR count). The van der Waals surface area contributed by atoms with Crippen LogP contribution in [0.25, 0.3) is 23.9 Å². The van der Waals surface area contributed by atoms with Crippen molar-refractivity contribution < 1.29 is 0 Å². The highest BCUT2D eigenvalue weighted by Crippen LogP contribution is 2.18. The molecule has 0 aliphatic rings. The molecule has 0 radical (unpaired) electrons. The van der Waals surface area contributed by atoms with Crippen molar-refractivity contribution in [2.24, 2.45) is 0 Å². The molecule has 3 N–H and O–H groups in total. The van der Waals surface area contributed by atoms with Crippen LogP contribution in [-0.2, 0) is 0 Å². The lowest BCUT2D eigenvalue weighted by Gasteiger charge is -2.06. The summed E-state index contributed by atoms with van der Waals surface area (Å²) in [6.07, 6.45) is 0. The van der Waals surface area contributed by atoms with E-state index < -0.39 is 0 Å². The van der Waals surface area contributed by atoms with Crippen LogP contribution in [0.3, 0.4) is 0 Å². The molecule has 0 saturated heterocycles. The van der Waals surface area contributed by atoms with E-state index in [9.17, 15) is 0 Å². The minimum atomic E-state index is 0.909.